The Bertz CT molecular complexity index is 1280. The SMILES string of the molecule is Cc1c(-c2ccccc2)n(-c2ccccc2)c(-c2ccccc2)[n+]1-c1nccn1C. The van der Waals surface area contributed by atoms with Gasteiger partial charge in [-0.1, -0.05) is 66.7 Å². The molecule has 30 heavy (non-hydrogen) atoms. The standard InChI is InChI=1S/C26H23N4/c1-20-24(21-12-6-3-7-13-21)30(23-16-10-5-11-17-23)25(22-14-8-4-9-15-22)29(20)26-27-18-19-28(26)2/h3-19H,1-2H3/q+1. The molecule has 0 saturated heterocycles. The quantitative estimate of drug-likeness (QED) is 0.390. The molecule has 146 valence electrons. The molecule has 4 heteroatoms. The number of benzene rings is 3. The topological polar surface area (TPSA) is 26.6 Å². The van der Waals surface area contributed by atoms with Gasteiger partial charge in [-0.2, -0.15) is 4.57 Å². The molecule has 0 bridgehead atoms. The summed E-state index contributed by atoms with van der Waals surface area (Å²) in [6.07, 6.45) is 3.83. The Kier molecular flexibility index (Phi) is 4.52. The van der Waals surface area contributed by atoms with E-state index in [0.29, 0.717) is 0 Å². The molecule has 0 fully saturated rings. The van der Waals surface area contributed by atoms with Gasteiger partial charge >= 0.3 is 5.95 Å². The van der Waals surface area contributed by atoms with E-state index < -0.39 is 0 Å². The summed E-state index contributed by atoms with van der Waals surface area (Å²) in [7, 11) is 2.03. The molecule has 0 atom stereocenters. The summed E-state index contributed by atoms with van der Waals surface area (Å²) in [6.45, 7) is 2.17. The number of imidazole rings is 2. The summed E-state index contributed by atoms with van der Waals surface area (Å²) in [5.41, 5.74) is 5.71. The van der Waals surface area contributed by atoms with Crippen LogP contribution in [-0.4, -0.2) is 14.1 Å². The van der Waals surface area contributed by atoms with Crippen molar-refractivity contribution in [3.63, 3.8) is 0 Å². The summed E-state index contributed by atoms with van der Waals surface area (Å²) in [5.74, 6) is 1.96. The van der Waals surface area contributed by atoms with Gasteiger partial charge in [-0.15, -0.1) is 4.98 Å². The number of hydrogen-bond acceptors (Lipinski definition) is 1. The number of rotatable bonds is 4. The van der Waals surface area contributed by atoms with Gasteiger partial charge in [0.2, 0.25) is 5.82 Å². The van der Waals surface area contributed by atoms with Crippen LogP contribution in [0.2, 0.25) is 0 Å². The zero-order valence-electron chi connectivity index (χ0n) is 17.1. The first-order valence-electron chi connectivity index (χ1n) is 10.1. The Hall–Kier alpha value is -3.92. The van der Waals surface area contributed by atoms with Crippen LogP contribution in [0.25, 0.3) is 34.3 Å². The molecule has 5 aromatic rings. The molecule has 0 aliphatic rings. The highest BCUT2D eigenvalue weighted by molar-refractivity contribution is 5.70. The second-order valence-corrected chi connectivity index (χ2v) is 7.33. The zero-order valence-corrected chi connectivity index (χ0v) is 17.1. The van der Waals surface area contributed by atoms with E-state index in [1.54, 1.807) is 0 Å². The van der Waals surface area contributed by atoms with Crippen molar-refractivity contribution in [2.75, 3.05) is 0 Å². The molecule has 0 spiro atoms. The molecule has 3 aromatic carbocycles. The third kappa shape index (κ3) is 2.94. The van der Waals surface area contributed by atoms with Crippen LogP contribution in [0.4, 0.5) is 0 Å². The second-order valence-electron chi connectivity index (χ2n) is 7.33. The Balaban J connectivity index is 1.96. The maximum absolute atomic E-state index is 4.69. The number of nitrogens with zero attached hydrogens (tertiary/aromatic N) is 4. The molecule has 2 heterocycles. The zero-order chi connectivity index (χ0) is 20.5. The van der Waals surface area contributed by atoms with Crippen molar-refractivity contribution < 1.29 is 4.57 Å². The third-order valence-electron chi connectivity index (χ3n) is 5.41. The van der Waals surface area contributed by atoms with E-state index in [2.05, 4.69) is 117 Å². The van der Waals surface area contributed by atoms with Crippen molar-refractivity contribution in [3.05, 3.63) is 109 Å². The molecule has 0 aliphatic carbocycles. The summed E-state index contributed by atoms with van der Waals surface area (Å²) >= 11 is 0. The predicted octanol–water partition coefficient (Wildman–Crippen LogP) is 5.13. The molecule has 0 N–H and O–H groups in total. The molecule has 0 unspecified atom stereocenters. The average Bonchev–Trinajstić information content (AvgIpc) is 3.35. The first-order chi connectivity index (χ1) is 14.8. The van der Waals surface area contributed by atoms with Gasteiger partial charge in [0.05, 0.1) is 11.9 Å². The van der Waals surface area contributed by atoms with E-state index in [4.69, 9.17) is 0 Å². The first-order valence-corrected chi connectivity index (χ1v) is 10.1. The minimum atomic E-state index is 0.887. The molecular formula is C26H23N4+. The van der Waals surface area contributed by atoms with E-state index in [9.17, 15) is 0 Å². The van der Waals surface area contributed by atoms with E-state index in [1.807, 2.05) is 19.4 Å². The number of hydrogen-bond donors (Lipinski definition) is 0. The smallest absolute Gasteiger partial charge is 0.256 e. The minimum absolute atomic E-state index is 0.887. The number of aromatic nitrogens is 4. The maximum atomic E-state index is 4.69. The summed E-state index contributed by atoms with van der Waals surface area (Å²) in [5, 5.41) is 0. The van der Waals surface area contributed by atoms with Crippen molar-refractivity contribution in [3.8, 4) is 34.3 Å². The van der Waals surface area contributed by atoms with Crippen molar-refractivity contribution >= 4 is 0 Å². The van der Waals surface area contributed by atoms with Gasteiger partial charge in [0.15, 0.2) is 0 Å². The van der Waals surface area contributed by atoms with Gasteiger partial charge in [-0.3, -0.25) is 4.57 Å². The number of para-hydroxylation sites is 1. The fourth-order valence-electron chi connectivity index (χ4n) is 4.06. The Morgan fingerprint density at radius 2 is 1.30 bits per heavy atom. The largest absolute Gasteiger partial charge is 0.358 e. The van der Waals surface area contributed by atoms with Gasteiger partial charge < -0.3 is 0 Å². The van der Waals surface area contributed by atoms with Crippen LogP contribution in [-0.2, 0) is 7.05 Å². The van der Waals surface area contributed by atoms with Crippen molar-refractivity contribution in [2.24, 2.45) is 7.05 Å². The van der Waals surface area contributed by atoms with Crippen molar-refractivity contribution in [2.45, 2.75) is 6.92 Å². The fraction of sp³-hybridized carbons (Fsp3) is 0.0769. The monoisotopic (exact) mass is 391 g/mol. The van der Waals surface area contributed by atoms with Crippen LogP contribution >= 0.6 is 0 Å². The second kappa shape index (κ2) is 7.48. The van der Waals surface area contributed by atoms with Gasteiger partial charge in [-0.25, -0.2) is 4.57 Å². The lowest BCUT2D eigenvalue weighted by Gasteiger charge is -2.10. The Morgan fingerprint density at radius 3 is 1.87 bits per heavy atom. The van der Waals surface area contributed by atoms with Gasteiger partial charge in [-0.05, 0) is 31.2 Å². The van der Waals surface area contributed by atoms with Crippen LogP contribution in [0.15, 0.2) is 103 Å². The molecule has 0 amide bonds. The minimum Gasteiger partial charge on any atom is -0.256 e. The average molecular weight is 391 g/mol. The molecule has 0 radical (unpaired) electrons. The predicted molar refractivity (Wildman–Crippen MR) is 120 cm³/mol. The van der Waals surface area contributed by atoms with E-state index >= 15 is 0 Å². The Labute approximate surface area is 176 Å². The molecule has 0 saturated carbocycles. The van der Waals surface area contributed by atoms with E-state index in [-0.39, 0.29) is 0 Å². The lowest BCUT2D eigenvalue weighted by atomic mass is 10.1. The van der Waals surface area contributed by atoms with E-state index in [0.717, 1.165) is 34.4 Å². The molecular weight excluding hydrogens is 368 g/mol. The van der Waals surface area contributed by atoms with Gasteiger partial charge in [0.1, 0.15) is 17.6 Å². The van der Waals surface area contributed by atoms with Crippen molar-refractivity contribution in [1.29, 1.82) is 0 Å². The van der Waals surface area contributed by atoms with Crippen LogP contribution in [0, 0.1) is 6.92 Å². The summed E-state index contributed by atoms with van der Waals surface area (Å²) in [6, 6.07) is 31.6. The first kappa shape index (κ1) is 18.1. The van der Waals surface area contributed by atoms with Crippen molar-refractivity contribution in [1.82, 2.24) is 14.1 Å². The molecule has 2 aromatic heterocycles. The van der Waals surface area contributed by atoms with Gasteiger partial charge in [0.25, 0.3) is 0 Å². The third-order valence-corrected chi connectivity index (χ3v) is 5.41. The van der Waals surface area contributed by atoms with E-state index in [1.165, 1.54) is 5.56 Å². The van der Waals surface area contributed by atoms with Crippen LogP contribution in [0.3, 0.4) is 0 Å². The molecule has 4 nitrogen and oxygen atoms in total. The van der Waals surface area contributed by atoms with Crippen LogP contribution in [0.5, 0.6) is 0 Å². The molecule has 5 rings (SSSR count). The van der Waals surface area contributed by atoms with Crippen LogP contribution < -0.4 is 4.57 Å². The fourth-order valence-corrected chi connectivity index (χ4v) is 4.06. The van der Waals surface area contributed by atoms with Crippen LogP contribution in [0.1, 0.15) is 5.69 Å². The molecule has 0 aliphatic heterocycles. The Morgan fingerprint density at radius 1 is 0.733 bits per heavy atom. The maximum Gasteiger partial charge on any atom is 0.358 e. The lowest BCUT2D eigenvalue weighted by Crippen LogP contribution is -2.38. The normalized spacial score (nSPS) is 11.0. The summed E-state index contributed by atoms with van der Waals surface area (Å²) in [4.78, 5) is 4.69. The highest BCUT2D eigenvalue weighted by atomic mass is 15.3. The summed E-state index contributed by atoms with van der Waals surface area (Å²) < 4.78 is 6.66. The van der Waals surface area contributed by atoms with Gasteiger partial charge in [0, 0.05) is 18.2 Å². The number of aryl methyl sites for hydroxylation is 1. The highest BCUT2D eigenvalue weighted by Gasteiger charge is 2.30. The highest BCUT2D eigenvalue weighted by Crippen LogP contribution is 2.32. The lowest BCUT2D eigenvalue weighted by molar-refractivity contribution is -0.598.